The number of nitrogens with zero attached hydrogens (tertiary/aromatic N) is 2. The number of rotatable bonds is 4. The summed E-state index contributed by atoms with van der Waals surface area (Å²) in [5.41, 5.74) is 6.68. The summed E-state index contributed by atoms with van der Waals surface area (Å²) >= 11 is 0. The van der Waals surface area contributed by atoms with E-state index < -0.39 is 5.41 Å². The second-order valence-electron chi connectivity index (χ2n) is 5.53. The Morgan fingerprint density at radius 2 is 2.35 bits per heavy atom. The van der Waals surface area contributed by atoms with Crippen LogP contribution in [0.1, 0.15) is 31.0 Å². The van der Waals surface area contributed by atoms with Crippen LogP contribution >= 0.6 is 0 Å². The Bertz CT molecular complexity index is 536. The second kappa shape index (κ2) is 5.48. The standard InChI is InChI=1S/C14H20N4O2/c1-9-6-14(7-9,12(15)18-20)13(19)17-8-11-10(2)4-3-5-16-11/h3-5,9,20H,6-8H2,1-2H3,(H2,15,18)(H,17,19). The molecule has 1 aromatic heterocycles. The smallest absolute Gasteiger partial charge is 0.234 e. The zero-order valence-electron chi connectivity index (χ0n) is 11.8. The molecule has 1 fully saturated rings. The summed E-state index contributed by atoms with van der Waals surface area (Å²) in [7, 11) is 0. The zero-order valence-corrected chi connectivity index (χ0v) is 11.8. The second-order valence-corrected chi connectivity index (χ2v) is 5.53. The fourth-order valence-electron chi connectivity index (χ4n) is 2.77. The minimum absolute atomic E-state index is 0.00848. The summed E-state index contributed by atoms with van der Waals surface area (Å²) < 4.78 is 0. The number of pyridine rings is 1. The Morgan fingerprint density at radius 3 is 2.90 bits per heavy atom. The fraction of sp³-hybridized carbons (Fsp3) is 0.500. The molecule has 0 bridgehead atoms. The molecule has 1 saturated carbocycles. The summed E-state index contributed by atoms with van der Waals surface area (Å²) in [6.45, 7) is 4.33. The van der Waals surface area contributed by atoms with E-state index in [2.05, 4.69) is 15.5 Å². The van der Waals surface area contributed by atoms with Crippen LogP contribution in [0.4, 0.5) is 0 Å². The zero-order chi connectivity index (χ0) is 14.8. The Kier molecular flexibility index (Phi) is 3.92. The Balaban J connectivity index is 2.06. The predicted molar refractivity (Wildman–Crippen MR) is 75.1 cm³/mol. The molecule has 0 radical (unpaired) electrons. The van der Waals surface area contributed by atoms with E-state index in [0.717, 1.165) is 11.3 Å². The molecule has 1 aromatic rings. The van der Waals surface area contributed by atoms with Crippen molar-refractivity contribution in [2.75, 3.05) is 0 Å². The van der Waals surface area contributed by atoms with Crippen molar-refractivity contribution in [3.8, 4) is 0 Å². The molecule has 0 aliphatic heterocycles. The first-order chi connectivity index (χ1) is 9.49. The Hall–Kier alpha value is -2.11. The maximum atomic E-state index is 12.4. The number of nitrogens with one attached hydrogen (secondary N) is 1. The van der Waals surface area contributed by atoms with Crippen molar-refractivity contribution in [3.63, 3.8) is 0 Å². The van der Waals surface area contributed by atoms with Gasteiger partial charge in [-0.3, -0.25) is 9.78 Å². The van der Waals surface area contributed by atoms with Crippen LogP contribution < -0.4 is 11.1 Å². The van der Waals surface area contributed by atoms with E-state index in [1.807, 2.05) is 26.0 Å². The van der Waals surface area contributed by atoms with Crippen LogP contribution in [0.2, 0.25) is 0 Å². The lowest BCUT2D eigenvalue weighted by atomic mass is 9.61. The number of carbonyl (C=O) groups is 1. The van der Waals surface area contributed by atoms with E-state index in [1.165, 1.54) is 0 Å². The molecule has 1 aliphatic carbocycles. The summed E-state index contributed by atoms with van der Waals surface area (Å²) in [4.78, 5) is 16.6. The number of carbonyl (C=O) groups excluding carboxylic acids is 1. The average Bonchev–Trinajstić information content (AvgIpc) is 2.41. The van der Waals surface area contributed by atoms with Crippen molar-refractivity contribution >= 4 is 11.7 Å². The van der Waals surface area contributed by atoms with E-state index in [0.29, 0.717) is 25.3 Å². The Morgan fingerprint density at radius 1 is 1.65 bits per heavy atom. The SMILES string of the molecule is Cc1cccnc1CNC(=O)C1(/C(N)=N/O)CC(C)C1. The highest BCUT2D eigenvalue weighted by molar-refractivity contribution is 6.07. The summed E-state index contributed by atoms with van der Waals surface area (Å²) in [5.74, 6) is 0.194. The topological polar surface area (TPSA) is 101 Å². The minimum atomic E-state index is -0.864. The number of hydrogen-bond acceptors (Lipinski definition) is 4. The first-order valence-electron chi connectivity index (χ1n) is 6.66. The van der Waals surface area contributed by atoms with Crippen LogP contribution in [0.3, 0.4) is 0 Å². The van der Waals surface area contributed by atoms with E-state index in [-0.39, 0.29) is 11.7 Å². The molecular formula is C14H20N4O2. The number of amidine groups is 1. The molecular weight excluding hydrogens is 256 g/mol. The highest BCUT2D eigenvalue weighted by Gasteiger charge is 2.52. The lowest BCUT2D eigenvalue weighted by molar-refractivity contribution is -0.133. The largest absolute Gasteiger partial charge is 0.409 e. The van der Waals surface area contributed by atoms with Crippen molar-refractivity contribution in [2.45, 2.75) is 33.2 Å². The Labute approximate surface area is 118 Å². The van der Waals surface area contributed by atoms with Gasteiger partial charge >= 0.3 is 0 Å². The molecule has 6 heteroatoms. The molecule has 1 heterocycles. The van der Waals surface area contributed by atoms with Crippen molar-refractivity contribution in [2.24, 2.45) is 22.2 Å². The van der Waals surface area contributed by atoms with Gasteiger partial charge in [0, 0.05) is 6.20 Å². The van der Waals surface area contributed by atoms with Gasteiger partial charge in [-0.15, -0.1) is 0 Å². The van der Waals surface area contributed by atoms with E-state index in [9.17, 15) is 4.79 Å². The molecule has 0 atom stereocenters. The van der Waals surface area contributed by atoms with Crippen molar-refractivity contribution in [1.29, 1.82) is 0 Å². The average molecular weight is 276 g/mol. The number of oxime groups is 1. The monoisotopic (exact) mass is 276 g/mol. The lowest BCUT2D eigenvalue weighted by Crippen LogP contribution is -2.56. The molecule has 4 N–H and O–H groups in total. The summed E-state index contributed by atoms with van der Waals surface area (Å²) in [6, 6.07) is 3.80. The van der Waals surface area contributed by atoms with Crippen molar-refractivity contribution in [1.82, 2.24) is 10.3 Å². The summed E-state index contributed by atoms with van der Waals surface area (Å²) in [5, 5.41) is 14.7. The van der Waals surface area contributed by atoms with Crippen LogP contribution in [0.25, 0.3) is 0 Å². The first kappa shape index (κ1) is 14.3. The first-order valence-corrected chi connectivity index (χ1v) is 6.66. The molecule has 0 saturated heterocycles. The van der Waals surface area contributed by atoms with Gasteiger partial charge in [0.15, 0.2) is 5.84 Å². The maximum Gasteiger partial charge on any atom is 0.234 e. The normalized spacial score (nSPS) is 25.9. The van der Waals surface area contributed by atoms with Crippen LogP contribution in [0.5, 0.6) is 0 Å². The van der Waals surface area contributed by atoms with Crippen LogP contribution in [0, 0.1) is 18.3 Å². The third-order valence-electron chi connectivity index (χ3n) is 3.96. The molecule has 0 aromatic carbocycles. The maximum absolute atomic E-state index is 12.4. The molecule has 6 nitrogen and oxygen atoms in total. The van der Waals surface area contributed by atoms with Gasteiger partial charge in [-0.05, 0) is 37.3 Å². The number of nitrogens with two attached hydrogens (primary N) is 1. The molecule has 0 spiro atoms. The number of aryl methyl sites for hydroxylation is 1. The third kappa shape index (κ3) is 2.45. The third-order valence-corrected chi connectivity index (χ3v) is 3.96. The quantitative estimate of drug-likeness (QED) is 0.332. The minimum Gasteiger partial charge on any atom is -0.409 e. The molecule has 108 valence electrons. The number of amides is 1. The van der Waals surface area contributed by atoms with Crippen molar-refractivity contribution in [3.05, 3.63) is 29.6 Å². The van der Waals surface area contributed by atoms with Crippen LogP contribution in [0.15, 0.2) is 23.5 Å². The van der Waals surface area contributed by atoms with Gasteiger partial charge in [0.05, 0.1) is 12.2 Å². The molecule has 1 aliphatic rings. The molecule has 2 rings (SSSR count). The summed E-state index contributed by atoms with van der Waals surface area (Å²) in [6.07, 6.45) is 2.91. The number of hydrogen-bond donors (Lipinski definition) is 3. The van der Waals surface area contributed by atoms with Gasteiger partial charge < -0.3 is 16.3 Å². The molecule has 1 amide bonds. The van der Waals surface area contributed by atoms with Gasteiger partial charge in [-0.25, -0.2) is 0 Å². The van der Waals surface area contributed by atoms with Gasteiger partial charge in [-0.1, -0.05) is 18.1 Å². The number of aromatic nitrogens is 1. The van der Waals surface area contributed by atoms with E-state index in [4.69, 9.17) is 10.9 Å². The van der Waals surface area contributed by atoms with Gasteiger partial charge in [0.25, 0.3) is 0 Å². The van der Waals surface area contributed by atoms with Gasteiger partial charge in [0.1, 0.15) is 5.41 Å². The highest BCUT2D eigenvalue weighted by Crippen LogP contribution is 2.45. The van der Waals surface area contributed by atoms with E-state index >= 15 is 0 Å². The molecule has 0 unspecified atom stereocenters. The van der Waals surface area contributed by atoms with Crippen molar-refractivity contribution < 1.29 is 10.0 Å². The van der Waals surface area contributed by atoms with Crippen LogP contribution in [-0.4, -0.2) is 21.9 Å². The van der Waals surface area contributed by atoms with Crippen LogP contribution in [-0.2, 0) is 11.3 Å². The molecule has 20 heavy (non-hydrogen) atoms. The van der Waals surface area contributed by atoms with E-state index in [1.54, 1.807) is 6.20 Å². The predicted octanol–water partition coefficient (Wildman–Crippen LogP) is 1.17. The van der Waals surface area contributed by atoms with Gasteiger partial charge in [-0.2, -0.15) is 0 Å². The lowest BCUT2D eigenvalue weighted by Gasteiger charge is -2.43. The van der Waals surface area contributed by atoms with Gasteiger partial charge in [0.2, 0.25) is 5.91 Å². The fourth-order valence-corrected chi connectivity index (χ4v) is 2.77. The highest BCUT2D eigenvalue weighted by atomic mass is 16.4.